The first kappa shape index (κ1) is 24.3. The first-order valence-electron chi connectivity index (χ1n) is 13.3. The fourth-order valence-electron chi connectivity index (χ4n) is 5.44. The van der Waals surface area contributed by atoms with Crippen LogP contribution < -0.4 is 4.90 Å². The summed E-state index contributed by atoms with van der Waals surface area (Å²) in [5.74, 6) is 3.46. The number of likely N-dealkylation sites (tertiary alicyclic amines) is 1. The van der Waals surface area contributed by atoms with Gasteiger partial charge in [-0.1, -0.05) is 19.1 Å². The van der Waals surface area contributed by atoms with Gasteiger partial charge < -0.3 is 18.9 Å². The van der Waals surface area contributed by atoms with E-state index in [1.165, 1.54) is 0 Å². The van der Waals surface area contributed by atoms with Crippen molar-refractivity contribution in [2.24, 2.45) is 7.05 Å². The molecule has 37 heavy (non-hydrogen) atoms. The zero-order valence-electron chi connectivity index (χ0n) is 22.3. The highest BCUT2D eigenvalue weighted by Gasteiger charge is 2.31. The molecule has 0 bridgehead atoms. The van der Waals surface area contributed by atoms with E-state index in [2.05, 4.69) is 45.9 Å². The Kier molecular flexibility index (Phi) is 6.34. The molecule has 10 heteroatoms. The van der Waals surface area contributed by atoms with Gasteiger partial charge in [-0.05, 0) is 31.9 Å². The Hall–Kier alpha value is -3.08. The number of benzene rings is 1. The van der Waals surface area contributed by atoms with Gasteiger partial charge in [0.1, 0.15) is 11.6 Å². The van der Waals surface area contributed by atoms with Crippen LogP contribution in [0.2, 0.25) is 0 Å². The van der Waals surface area contributed by atoms with Gasteiger partial charge in [0.25, 0.3) is 0 Å². The lowest BCUT2D eigenvalue weighted by molar-refractivity contribution is -0.0445. The van der Waals surface area contributed by atoms with Gasteiger partial charge in [-0.15, -0.1) is 0 Å². The molecule has 0 unspecified atom stereocenters. The molecule has 4 aromatic rings. The minimum atomic E-state index is -0.0305. The number of aryl methyl sites for hydroxylation is 2. The summed E-state index contributed by atoms with van der Waals surface area (Å²) in [5, 5.41) is 0. The summed E-state index contributed by atoms with van der Waals surface area (Å²) in [4.78, 5) is 25.0. The van der Waals surface area contributed by atoms with Gasteiger partial charge in [0.05, 0.1) is 36.4 Å². The van der Waals surface area contributed by atoms with Crippen LogP contribution in [0.4, 0.5) is 5.82 Å². The lowest BCUT2D eigenvalue weighted by Gasteiger charge is -2.38. The monoisotopic (exact) mass is 504 g/mol. The maximum atomic E-state index is 5.74. The number of piperidine rings is 1. The lowest BCUT2D eigenvalue weighted by Crippen LogP contribution is -2.43. The quantitative estimate of drug-likeness (QED) is 0.396. The molecule has 5 heterocycles. The van der Waals surface area contributed by atoms with Crippen molar-refractivity contribution in [2.45, 2.75) is 45.3 Å². The van der Waals surface area contributed by atoms with Gasteiger partial charge in [-0.25, -0.2) is 9.97 Å². The van der Waals surface area contributed by atoms with E-state index in [1.807, 2.05) is 25.3 Å². The zero-order valence-corrected chi connectivity index (χ0v) is 22.3. The molecular weight excluding hydrogens is 468 g/mol. The van der Waals surface area contributed by atoms with Gasteiger partial charge in [0.15, 0.2) is 17.0 Å². The van der Waals surface area contributed by atoms with Crippen molar-refractivity contribution in [3.05, 3.63) is 35.9 Å². The maximum absolute atomic E-state index is 5.74. The van der Waals surface area contributed by atoms with Gasteiger partial charge in [-0.3, -0.25) is 9.47 Å². The van der Waals surface area contributed by atoms with E-state index < -0.39 is 0 Å². The number of nitrogens with zero attached hydrogens (tertiary/aromatic N) is 8. The number of anilines is 1. The van der Waals surface area contributed by atoms with Crippen LogP contribution in [-0.2, 0) is 29.5 Å². The molecule has 3 aromatic heterocycles. The molecule has 2 saturated heterocycles. The standard InChI is InChI=1S/C27H36N8O2/c1-5-21-28-19-8-6-7-9-20(19)35(21)26-30-24-23(25(31-26)34-14-16-37-17-15-34)29-22(32(24)3)18-33-12-10-27(2,36-4)11-13-33/h6-9H,5,10-18H2,1-4H3. The Labute approximate surface area is 217 Å². The number of imidazole rings is 2. The van der Waals surface area contributed by atoms with Crippen LogP contribution in [0, 0.1) is 0 Å². The molecule has 0 saturated carbocycles. The summed E-state index contributed by atoms with van der Waals surface area (Å²) >= 11 is 0. The average Bonchev–Trinajstić information content (AvgIpc) is 3.47. The zero-order chi connectivity index (χ0) is 25.6. The van der Waals surface area contributed by atoms with Crippen molar-refractivity contribution in [1.82, 2.24) is 34.0 Å². The fourth-order valence-corrected chi connectivity index (χ4v) is 5.44. The molecule has 0 N–H and O–H groups in total. The molecular formula is C27H36N8O2. The number of ether oxygens (including phenoxy) is 2. The Morgan fingerprint density at radius 2 is 1.73 bits per heavy atom. The summed E-state index contributed by atoms with van der Waals surface area (Å²) in [7, 11) is 3.89. The third-order valence-electron chi connectivity index (χ3n) is 8.01. The van der Waals surface area contributed by atoms with Crippen LogP contribution in [0.15, 0.2) is 24.3 Å². The van der Waals surface area contributed by atoms with E-state index in [0.717, 1.165) is 91.7 Å². The van der Waals surface area contributed by atoms with E-state index in [-0.39, 0.29) is 5.60 Å². The largest absolute Gasteiger partial charge is 0.378 e. The molecule has 0 aliphatic carbocycles. The normalized spacial score (nSPS) is 18.8. The summed E-state index contributed by atoms with van der Waals surface area (Å²) in [6.45, 7) is 10.0. The predicted octanol–water partition coefficient (Wildman–Crippen LogP) is 3.10. The molecule has 2 aliphatic heterocycles. The van der Waals surface area contributed by atoms with Crippen molar-refractivity contribution in [2.75, 3.05) is 51.4 Å². The third-order valence-corrected chi connectivity index (χ3v) is 8.01. The topological polar surface area (TPSA) is 86.4 Å². The molecule has 0 amide bonds. The van der Waals surface area contributed by atoms with Gasteiger partial charge in [0, 0.05) is 46.8 Å². The minimum Gasteiger partial charge on any atom is -0.378 e. The fraction of sp³-hybridized carbons (Fsp3) is 0.556. The van der Waals surface area contributed by atoms with Crippen LogP contribution in [0.3, 0.4) is 0 Å². The van der Waals surface area contributed by atoms with E-state index in [4.69, 9.17) is 29.4 Å². The summed E-state index contributed by atoms with van der Waals surface area (Å²) in [5.41, 5.74) is 3.64. The number of fused-ring (bicyclic) bond motifs is 2. The van der Waals surface area contributed by atoms with E-state index in [1.54, 1.807) is 0 Å². The second kappa shape index (κ2) is 9.66. The molecule has 10 nitrogen and oxygen atoms in total. The van der Waals surface area contributed by atoms with Crippen molar-refractivity contribution >= 4 is 28.0 Å². The minimum absolute atomic E-state index is 0.0305. The molecule has 2 fully saturated rings. The molecule has 0 radical (unpaired) electrons. The molecule has 0 spiro atoms. The number of para-hydroxylation sites is 2. The smallest absolute Gasteiger partial charge is 0.239 e. The SMILES string of the molecule is CCc1nc2ccccc2n1-c1nc(N2CCOCC2)c2nc(CN3CCC(C)(OC)CC3)n(C)c2n1. The molecule has 1 aromatic carbocycles. The summed E-state index contributed by atoms with van der Waals surface area (Å²) in [6.07, 6.45) is 2.82. The highest BCUT2D eigenvalue weighted by molar-refractivity contribution is 5.86. The van der Waals surface area contributed by atoms with Crippen LogP contribution in [0.1, 0.15) is 38.3 Å². The number of aromatic nitrogens is 6. The van der Waals surface area contributed by atoms with Crippen molar-refractivity contribution < 1.29 is 9.47 Å². The summed E-state index contributed by atoms with van der Waals surface area (Å²) < 4.78 is 15.6. The van der Waals surface area contributed by atoms with Gasteiger partial charge in [0.2, 0.25) is 5.95 Å². The number of methoxy groups -OCH3 is 1. The lowest BCUT2D eigenvalue weighted by atomic mass is 9.93. The number of rotatable bonds is 6. The van der Waals surface area contributed by atoms with Crippen molar-refractivity contribution in [3.8, 4) is 5.95 Å². The second-order valence-electron chi connectivity index (χ2n) is 10.3. The average molecular weight is 505 g/mol. The highest BCUT2D eigenvalue weighted by atomic mass is 16.5. The van der Waals surface area contributed by atoms with Crippen molar-refractivity contribution in [1.29, 1.82) is 0 Å². The Bertz CT molecular complexity index is 1410. The molecule has 0 atom stereocenters. The van der Waals surface area contributed by atoms with E-state index in [0.29, 0.717) is 19.2 Å². The van der Waals surface area contributed by atoms with Crippen LogP contribution >= 0.6 is 0 Å². The number of morpholine rings is 1. The third kappa shape index (κ3) is 4.36. The molecule has 6 rings (SSSR count). The molecule has 2 aliphatic rings. The second-order valence-corrected chi connectivity index (χ2v) is 10.3. The van der Waals surface area contributed by atoms with Crippen LogP contribution in [-0.4, -0.2) is 86.1 Å². The maximum Gasteiger partial charge on any atom is 0.239 e. The first-order valence-corrected chi connectivity index (χ1v) is 13.3. The highest BCUT2D eigenvalue weighted by Crippen LogP contribution is 2.30. The van der Waals surface area contributed by atoms with Crippen LogP contribution in [0.5, 0.6) is 0 Å². The Morgan fingerprint density at radius 3 is 2.46 bits per heavy atom. The van der Waals surface area contributed by atoms with Gasteiger partial charge >= 0.3 is 0 Å². The summed E-state index contributed by atoms with van der Waals surface area (Å²) in [6, 6.07) is 8.19. The first-order chi connectivity index (χ1) is 18.0. The van der Waals surface area contributed by atoms with E-state index in [9.17, 15) is 0 Å². The number of hydrogen-bond donors (Lipinski definition) is 0. The predicted molar refractivity (Wildman–Crippen MR) is 143 cm³/mol. The Morgan fingerprint density at radius 1 is 0.973 bits per heavy atom. The van der Waals surface area contributed by atoms with Gasteiger partial charge in [-0.2, -0.15) is 9.97 Å². The Balaban J connectivity index is 1.45. The van der Waals surface area contributed by atoms with Crippen molar-refractivity contribution in [3.63, 3.8) is 0 Å². The van der Waals surface area contributed by atoms with E-state index >= 15 is 0 Å². The molecule has 196 valence electrons. The number of hydrogen-bond acceptors (Lipinski definition) is 8. The van der Waals surface area contributed by atoms with Crippen LogP contribution in [0.25, 0.3) is 28.1 Å².